The van der Waals surface area contributed by atoms with Gasteiger partial charge in [0, 0.05) is 19.3 Å². The van der Waals surface area contributed by atoms with E-state index in [0.717, 1.165) is 77.0 Å². The number of unbranched alkanes of at least 4 members (excludes halogenated alkanes) is 29. The number of carbonyl (C=O) groups excluding carboxylic acids is 3. The Morgan fingerprint density at radius 3 is 0.868 bits per heavy atom. The maximum atomic E-state index is 12.8. The Labute approximate surface area is 421 Å². The average Bonchev–Trinajstić information content (AvgIpc) is 3.34. The second-order valence-corrected chi connectivity index (χ2v) is 19.2. The summed E-state index contributed by atoms with van der Waals surface area (Å²) in [5.74, 6) is -0.976. The first-order valence-electron chi connectivity index (χ1n) is 28.9. The zero-order valence-corrected chi connectivity index (χ0v) is 44.9. The Hall–Kier alpha value is -3.15. The third-order valence-electron chi connectivity index (χ3n) is 12.5. The van der Waals surface area contributed by atoms with Gasteiger partial charge in [-0.3, -0.25) is 14.4 Å². The summed E-state index contributed by atoms with van der Waals surface area (Å²) in [6, 6.07) is 0. The van der Waals surface area contributed by atoms with Crippen LogP contribution in [0.15, 0.2) is 72.9 Å². The summed E-state index contributed by atoms with van der Waals surface area (Å²) < 4.78 is 16.8. The van der Waals surface area contributed by atoms with E-state index in [1.165, 1.54) is 161 Å². The van der Waals surface area contributed by atoms with Crippen LogP contribution in [0.4, 0.5) is 0 Å². The molecule has 0 N–H and O–H groups in total. The molecular formula is C62H108O6. The molecule has 0 aliphatic heterocycles. The molecule has 6 nitrogen and oxygen atoms in total. The lowest BCUT2D eigenvalue weighted by Crippen LogP contribution is -2.30. The summed E-state index contributed by atoms with van der Waals surface area (Å²) in [6.07, 6.45) is 72.0. The molecule has 0 aromatic rings. The first-order chi connectivity index (χ1) is 33.5. The highest BCUT2D eigenvalue weighted by molar-refractivity contribution is 5.71. The Bertz CT molecular complexity index is 1270. The molecular weight excluding hydrogens is 841 g/mol. The molecule has 0 radical (unpaired) electrons. The maximum absolute atomic E-state index is 12.8. The van der Waals surface area contributed by atoms with Gasteiger partial charge >= 0.3 is 17.9 Å². The van der Waals surface area contributed by atoms with Crippen molar-refractivity contribution in [2.45, 2.75) is 290 Å². The molecule has 1 unspecified atom stereocenters. The van der Waals surface area contributed by atoms with Gasteiger partial charge in [0.25, 0.3) is 0 Å². The fourth-order valence-corrected chi connectivity index (χ4v) is 8.18. The van der Waals surface area contributed by atoms with Crippen LogP contribution < -0.4 is 0 Å². The molecule has 0 heterocycles. The normalized spacial score (nSPS) is 12.6. The molecule has 68 heavy (non-hydrogen) atoms. The largest absolute Gasteiger partial charge is 0.462 e. The minimum atomic E-state index is -0.812. The molecule has 0 aliphatic carbocycles. The molecule has 0 fully saturated rings. The number of allylic oxidation sites excluding steroid dienone is 12. The van der Waals surface area contributed by atoms with Crippen LogP contribution in [0.5, 0.6) is 0 Å². The van der Waals surface area contributed by atoms with Crippen molar-refractivity contribution in [1.82, 2.24) is 0 Å². The predicted octanol–water partition coefficient (Wildman–Crippen LogP) is 19.4. The van der Waals surface area contributed by atoms with Crippen LogP contribution in [-0.4, -0.2) is 37.2 Å². The van der Waals surface area contributed by atoms with Crippen LogP contribution in [0.1, 0.15) is 284 Å². The van der Waals surface area contributed by atoms with E-state index < -0.39 is 6.10 Å². The summed E-state index contributed by atoms with van der Waals surface area (Å²) in [7, 11) is 0. The highest BCUT2D eigenvalue weighted by Gasteiger charge is 2.19. The molecule has 0 amide bonds. The summed E-state index contributed by atoms with van der Waals surface area (Å²) in [5, 5.41) is 0. The summed E-state index contributed by atoms with van der Waals surface area (Å²) >= 11 is 0. The van der Waals surface area contributed by atoms with Crippen molar-refractivity contribution in [1.29, 1.82) is 0 Å². The predicted molar refractivity (Wildman–Crippen MR) is 293 cm³/mol. The van der Waals surface area contributed by atoms with Crippen molar-refractivity contribution in [3.8, 4) is 0 Å². The molecule has 0 aromatic carbocycles. The van der Waals surface area contributed by atoms with Crippen LogP contribution in [0.25, 0.3) is 0 Å². The van der Waals surface area contributed by atoms with Crippen molar-refractivity contribution in [2.24, 2.45) is 0 Å². The zero-order valence-electron chi connectivity index (χ0n) is 44.9. The molecule has 6 heteroatoms. The van der Waals surface area contributed by atoms with Gasteiger partial charge < -0.3 is 14.2 Å². The maximum Gasteiger partial charge on any atom is 0.306 e. The van der Waals surface area contributed by atoms with E-state index in [4.69, 9.17) is 14.2 Å². The lowest BCUT2D eigenvalue weighted by Gasteiger charge is -2.18. The van der Waals surface area contributed by atoms with Gasteiger partial charge in [-0.15, -0.1) is 0 Å². The van der Waals surface area contributed by atoms with E-state index in [-0.39, 0.29) is 37.5 Å². The molecule has 0 aromatic heterocycles. The first kappa shape index (κ1) is 64.8. The van der Waals surface area contributed by atoms with E-state index in [0.29, 0.717) is 19.3 Å². The molecule has 1 atom stereocenters. The minimum absolute atomic E-state index is 0.102. The number of hydrogen-bond acceptors (Lipinski definition) is 6. The number of rotatable bonds is 52. The van der Waals surface area contributed by atoms with Gasteiger partial charge in [0.15, 0.2) is 6.10 Å². The van der Waals surface area contributed by atoms with Gasteiger partial charge in [0.2, 0.25) is 0 Å². The molecule has 392 valence electrons. The second kappa shape index (κ2) is 56.4. The number of ether oxygens (including phenoxy) is 3. The molecule has 0 aliphatic rings. The Kier molecular flexibility index (Phi) is 53.8. The van der Waals surface area contributed by atoms with Crippen LogP contribution in [0, 0.1) is 0 Å². The van der Waals surface area contributed by atoms with Gasteiger partial charge in [0.05, 0.1) is 0 Å². The highest BCUT2D eigenvalue weighted by Crippen LogP contribution is 2.16. The Morgan fingerprint density at radius 2 is 0.574 bits per heavy atom. The topological polar surface area (TPSA) is 78.9 Å². The van der Waals surface area contributed by atoms with E-state index in [1.54, 1.807) is 0 Å². The number of carbonyl (C=O) groups is 3. The van der Waals surface area contributed by atoms with Crippen molar-refractivity contribution >= 4 is 17.9 Å². The van der Waals surface area contributed by atoms with Crippen LogP contribution in [-0.2, 0) is 28.6 Å². The smallest absolute Gasteiger partial charge is 0.306 e. The number of hydrogen-bond donors (Lipinski definition) is 0. The van der Waals surface area contributed by atoms with Gasteiger partial charge in [-0.25, -0.2) is 0 Å². The molecule has 0 rings (SSSR count). The van der Waals surface area contributed by atoms with E-state index in [1.807, 2.05) is 6.08 Å². The van der Waals surface area contributed by atoms with Crippen molar-refractivity contribution in [3.05, 3.63) is 72.9 Å². The fourth-order valence-electron chi connectivity index (χ4n) is 8.18. The monoisotopic (exact) mass is 949 g/mol. The SMILES string of the molecule is CC/C=C\C/C=C\C/C=C\C/C=C\C/C=C\C/C=C\CCC(=O)OC(COC(=O)CCCCCCCCCCCCC)COC(=O)CCCCCCCCCCCCCCCCCCCCCC. The van der Waals surface area contributed by atoms with E-state index in [2.05, 4.69) is 87.6 Å². The van der Waals surface area contributed by atoms with Gasteiger partial charge in [-0.05, 0) is 57.8 Å². The van der Waals surface area contributed by atoms with Crippen molar-refractivity contribution in [2.75, 3.05) is 13.2 Å². The Balaban J connectivity index is 4.40. The molecule has 0 saturated carbocycles. The third kappa shape index (κ3) is 53.8. The lowest BCUT2D eigenvalue weighted by atomic mass is 10.0. The second-order valence-electron chi connectivity index (χ2n) is 19.2. The molecule has 0 spiro atoms. The number of esters is 3. The average molecular weight is 950 g/mol. The van der Waals surface area contributed by atoms with E-state index in [9.17, 15) is 14.4 Å². The Morgan fingerprint density at radius 1 is 0.309 bits per heavy atom. The standard InChI is InChI=1S/C62H108O6/c1-4-7-10-13-16-19-22-24-26-28-30-32-33-35-37-40-43-46-49-52-55-61(64)67-58-59(57-66-60(63)54-51-48-45-42-39-21-18-15-12-9-6-3)68-62(65)56-53-50-47-44-41-38-36-34-31-29-27-25-23-20-17-14-11-8-5-2/h8,11,17,20,25,27,31,34,38,41,47,50,59H,4-7,9-10,12-16,18-19,21-24,26,28-30,32-33,35-37,39-40,42-46,48-49,51-58H2,1-3H3/b11-8-,20-17-,27-25-,34-31-,41-38-,50-47-. The van der Waals surface area contributed by atoms with Crippen molar-refractivity contribution < 1.29 is 28.6 Å². The summed E-state index contributed by atoms with van der Waals surface area (Å²) in [4.78, 5) is 38.1. The van der Waals surface area contributed by atoms with E-state index >= 15 is 0 Å². The first-order valence-corrected chi connectivity index (χ1v) is 28.9. The van der Waals surface area contributed by atoms with Gasteiger partial charge in [-0.2, -0.15) is 0 Å². The van der Waals surface area contributed by atoms with Crippen LogP contribution in [0.2, 0.25) is 0 Å². The quantitative estimate of drug-likeness (QED) is 0.0262. The fraction of sp³-hybridized carbons (Fsp3) is 0.758. The molecule has 0 saturated heterocycles. The van der Waals surface area contributed by atoms with Crippen LogP contribution in [0.3, 0.4) is 0 Å². The van der Waals surface area contributed by atoms with Gasteiger partial charge in [-0.1, -0.05) is 280 Å². The van der Waals surface area contributed by atoms with Crippen LogP contribution >= 0.6 is 0 Å². The summed E-state index contributed by atoms with van der Waals surface area (Å²) in [5.41, 5.74) is 0. The molecule has 0 bridgehead atoms. The van der Waals surface area contributed by atoms with Gasteiger partial charge in [0.1, 0.15) is 13.2 Å². The summed E-state index contributed by atoms with van der Waals surface area (Å²) in [6.45, 7) is 6.48. The van der Waals surface area contributed by atoms with Crippen molar-refractivity contribution in [3.63, 3.8) is 0 Å². The minimum Gasteiger partial charge on any atom is -0.462 e. The zero-order chi connectivity index (χ0) is 49.3. The third-order valence-corrected chi connectivity index (χ3v) is 12.5. The highest BCUT2D eigenvalue weighted by atomic mass is 16.6. The lowest BCUT2D eigenvalue weighted by molar-refractivity contribution is -0.166.